The molecule has 10 nitrogen and oxygen atoms in total. The number of ether oxygens (including phenoxy) is 2. The van der Waals surface area contributed by atoms with Crippen molar-refractivity contribution in [2.75, 3.05) is 17.4 Å². The van der Waals surface area contributed by atoms with Crippen LogP contribution in [0, 0.1) is 19.7 Å². The fraction of sp³-hybridized carbons (Fsp3) is 0.136. The molecule has 2 N–H and O–H groups in total. The molecule has 0 unspecified atom stereocenters. The number of nitrogens with zero attached hydrogens (tertiary/aromatic N) is 4. The van der Waals surface area contributed by atoms with Gasteiger partial charge in [-0.3, -0.25) is 9.59 Å². The summed E-state index contributed by atoms with van der Waals surface area (Å²) in [5.41, 5.74) is 1.97. The molecule has 1 aliphatic rings. The highest BCUT2D eigenvalue weighted by molar-refractivity contribution is 6.06. The highest BCUT2D eigenvalue weighted by atomic mass is 19.1. The van der Waals surface area contributed by atoms with E-state index in [0.29, 0.717) is 17.1 Å². The zero-order chi connectivity index (χ0) is 23.1. The number of rotatable bonds is 4. The molecule has 0 atom stereocenters. The van der Waals surface area contributed by atoms with Crippen molar-refractivity contribution in [2.24, 2.45) is 0 Å². The second-order valence-electron chi connectivity index (χ2n) is 7.36. The molecular weight excluding hydrogens is 431 g/mol. The molecule has 1 aliphatic heterocycles. The Labute approximate surface area is 186 Å². The Balaban J connectivity index is 1.35. The Bertz CT molecular complexity index is 1430. The van der Waals surface area contributed by atoms with Crippen molar-refractivity contribution < 1.29 is 23.5 Å². The molecule has 0 bridgehead atoms. The molecule has 2 aromatic heterocycles. The predicted octanol–water partition coefficient (Wildman–Crippen LogP) is 3.11. The van der Waals surface area contributed by atoms with E-state index < -0.39 is 17.6 Å². The van der Waals surface area contributed by atoms with Crippen molar-refractivity contribution >= 4 is 29.0 Å². The van der Waals surface area contributed by atoms with Gasteiger partial charge >= 0.3 is 0 Å². The summed E-state index contributed by atoms with van der Waals surface area (Å²) in [4.78, 5) is 33.6. The predicted molar refractivity (Wildman–Crippen MR) is 115 cm³/mol. The number of anilines is 2. The summed E-state index contributed by atoms with van der Waals surface area (Å²) in [5.74, 6) is -0.701. The third kappa shape index (κ3) is 3.91. The van der Waals surface area contributed by atoms with E-state index in [4.69, 9.17) is 9.47 Å². The summed E-state index contributed by atoms with van der Waals surface area (Å²) >= 11 is 0. The minimum Gasteiger partial charge on any atom is -0.454 e. The van der Waals surface area contributed by atoms with Crippen LogP contribution in [-0.4, -0.2) is 38.2 Å². The van der Waals surface area contributed by atoms with Crippen LogP contribution in [-0.2, 0) is 0 Å². The van der Waals surface area contributed by atoms with Gasteiger partial charge in [0.05, 0.1) is 5.69 Å². The molecule has 0 spiro atoms. The molecule has 11 heteroatoms. The van der Waals surface area contributed by atoms with Crippen LogP contribution in [0.3, 0.4) is 0 Å². The van der Waals surface area contributed by atoms with Gasteiger partial charge in [-0.2, -0.15) is 4.98 Å². The molecule has 2 aromatic carbocycles. The number of fused-ring (bicyclic) bond motifs is 2. The molecule has 3 heterocycles. The lowest BCUT2D eigenvalue weighted by Crippen LogP contribution is -2.16. The zero-order valence-corrected chi connectivity index (χ0v) is 17.5. The highest BCUT2D eigenvalue weighted by Crippen LogP contribution is 2.32. The molecule has 5 rings (SSSR count). The average Bonchev–Trinajstić information content (AvgIpc) is 3.42. The van der Waals surface area contributed by atoms with E-state index in [9.17, 15) is 14.0 Å². The van der Waals surface area contributed by atoms with E-state index in [2.05, 4.69) is 25.7 Å². The standard InChI is InChI=1S/C22H17FN6O4/c1-11-7-12(2)29-22(24-11)27-19(28-29)21(31)26-16-9-14(4-5-15(16)23)25-20(30)13-3-6-17-18(8-13)33-10-32-17/h3-9H,10H2,1-2H3,(H,25,30)(H,26,31). The third-order valence-electron chi connectivity index (χ3n) is 4.93. The van der Waals surface area contributed by atoms with Crippen LogP contribution in [0.15, 0.2) is 42.5 Å². The van der Waals surface area contributed by atoms with E-state index in [1.54, 1.807) is 31.2 Å². The van der Waals surface area contributed by atoms with Gasteiger partial charge in [-0.15, -0.1) is 5.10 Å². The first-order valence-corrected chi connectivity index (χ1v) is 9.90. The summed E-state index contributed by atoms with van der Waals surface area (Å²) in [6.07, 6.45) is 0. The summed E-state index contributed by atoms with van der Waals surface area (Å²) < 4.78 is 26.3. The van der Waals surface area contributed by atoms with E-state index in [0.717, 1.165) is 17.5 Å². The number of carbonyl (C=O) groups excluding carboxylic acids is 2. The number of nitrogens with one attached hydrogen (secondary N) is 2. The Morgan fingerprint density at radius 3 is 2.64 bits per heavy atom. The number of aromatic nitrogens is 4. The van der Waals surface area contributed by atoms with Gasteiger partial charge in [-0.1, -0.05) is 0 Å². The van der Waals surface area contributed by atoms with Crippen LogP contribution in [0.1, 0.15) is 32.4 Å². The monoisotopic (exact) mass is 448 g/mol. The molecule has 0 saturated heterocycles. The molecule has 4 aromatic rings. The lowest BCUT2D eigenvalue weighted by atomic mass is 10.2. The third-order valence-corrected chi connectivity index (χ3v) is 4.93. The van der Waals surface area contributed by atoms with Crippen molar-refractivity contribution in [3.63, 3.8) is 0 Å². The molecule has 2 amide bonds. The lowest BCUT2D eigenvalue weighted by molar-refractivity contribution is 0.101. The number of amides is 2. The van der Waals surface area contributed by atoms with Crippen molar-refractivity contribution in [1.29, 1.82) is 0 Å². The van der Waals surface area contributed by atoms with Gasteiger partial charge in [0.1, 0.15) is 5.82 Å². The molecule has 0 fully saturated rings. The van der Waals surface area contributed by atoms with Crippen LogP contribution < -0.4 is 20.1 Å². The Hall–Kier alpha value is -4.54. The van der Waals surface area contributed by atoms with E-state index in [-0.39, 0.29) is 29.8 Å². The lowest BCUT2D eigenvalue weighted by Gasteiger charge is -2.09. The molecular formula is C22H17FN6O4. The Morgan fingerprint density at radius 1 is 0.970 bits per heavy atom. The van der Waals surface area contributed by atoms with Crippen LogP contribution in [0.25, 0.3) is 5.78 Å². The number of hydrogen-bond acceptors (Lipinski definition) is 7. The summed E-state index contributed by atoms with van der Waals surface area (Å²) in [7, 11) is 0. The first-order valence-electron chi connectivity index (χ1n) is 9.90. The smallest absolute Gasteiger partial charge is 0.295 e. The SMILES string of the molecule is Cc1cc(C)n2nc(C(=O)Nc3cc(NC(=O)c4ccc5c(c4)OCO5)ccc3F)nc2n1. The Morgan fingerprint density at radius 2 is 1.79 bits per heavy atom. The number of halogens is 1. The number of benzene rings is 2. The van der Waals surface area contributed by atoms with Crippen LogP contribution >= 0.6 is 0 Å². The van der Waals surface area contributed by atoms with Crippen LogP contribution in [0.5, 0.6) is 11.5 Å². The molecule has 0 aliphatic carbocycles. The molecule has 33 heavy (non-hydrogen) atoms. The molecule has 0 saturated carbocycles. The fourth-order valence-corrected chi connectivity index (χ4v) is 3.38. The minimum absolute atomic E-state index is 0.0951. The van der Waals surface area contributed by atoms with Gasteiger partial charge in [0.15, 0.2) is 11.5 Å². The van der Waals surface area contributed by atoms with Gasteiger partial charge < -0.3 is 20.1 Å². The average molecular weight is 448 g/mol. The van der Waals surface area contributed by atoms with Gasteiger partial charge in [-0.25, -0.2) is 13.9 Å². The first-order chi connectivity index (χ1) is 15.9. The largest absolute Gasteiger partial charge is 0.454 e. The van der Waals surface area contributed by atoms with Gasteiger partial charge in [0, 0.05) is 22.6 Å². The number of hydrogen-bond donors (Lipinski definition) is 2. The normalized spacial score (nSPS) is 12.1. The second kappa shape index (κ2) is 7.86. The van der Waals surface area contributed by atoms with Gasteiger partial charge in [0.2, 0.25) is 12.6 Å². The van der Waals surface area contributed by atoms with Crippen molar-refractivity contribution in [1.82, 2.24) is 19.6 Å². The summed E-state index contributed by atoms with van der Waals surface area (Å²) in [6.45, 7) is 3.71. The molecule has 0 radical (unpaired) electrons. The summed E-state index contributed by atoms with van der Waals surface area (Å²) in [6, 6.07) is 10.4. The van der Waals surface area contributed by atoms with E-state index in [1.165, 1.54) is 16.6 Å². The topological polar surface area (TPSA) is 120 Å². The zero-order valence-electron chi connectivity index (χ0n) is 17.5. The van der Waals surface area contributed by atoms with Crippen LogP contribution in [0.4, 0.5) is 15.8 Å². The highest BCUT2D eigenvalue weighted by Gasteiger charge is 2.19. The first kappa shape index (κ1) is 20.4. The molecule has 166 valence electrons. The second-order valence-corrected chi connectivity index (χ2v) is 7.36. The van der Waals surface area contributed by atoms with Gasteiger partial charge in [-0.05, 0) is 56.3 Å². The Kier molecular flexibility index (Phi) is 4.85. The maximum absolute atomic E-state index is 14.4. The van der Waals surface area contributed by atoms with Crippen molar-refractivity contribution in [2.45, 2.75) is 13.8 Å². The maximum atomic E-state index is 14.4. The fourth-order valence-electron chi connectivity index (χ4n) is 3.38. The quantitative estimate of drug-likeness (QED) is 0.492. The van der Waals surface area contributed by atoms with Gasteiger partial charge in [0.25, 0.3) is 17.6 Å². The van der Waals surface area contributed by atoms with E-state index in [1.807, 2.05) is 6.92 Å². The van der Waals surface area contributed by atoms with Crippen molar-refractivity contribution in [3.05, 3.63) is 71.1 Å². The number of aryl methyl sites for hydroxylation is 2. The number of carbonyl (C=O) groups is 2. The van der Waals surface area contributed by atoms with E-state index >= 15 is 0 Å². The van der Waals surface area contributed by atoms with Crippen molar-refractivity contribution in [3.8, 4) is 11.5 Å². The minimum atomic E-state index is -0.712. The van der Waals surface area contributed by atoms with Crippen LogP contribution in [0.2, 0.25) is 0 Å². The maximum Gasteiger partial charge on any atom is 0.295 e. The summed E-state index contributed by atoms with van der Waals surface area (Å²) in [5, 5.41) is 9.24.